The molecule has 3 saturated carbocycles. The van der Waals surface area contributed by atoms with Crippen LogP contribution in [0.15, 0.2) is 24.4 Å². The van der Waals surface area contributed by atoms with Crippen LogP contribution >= 0.6 is 0 Å². The van der Waals surface area contributed by atoms with E-state index in [-0.39, 0.29) is 30.5 Å². The lowest BCUT2D eigenvalue weighted by atomic mass is 9.41. The molecule has 2 bridgehead atoms. The molecule has 3 fully saturated rings. The van der Waals surface area contributed by atoms with E-state index in [4.69, 9.17) is 5.73 Å². The Bertz CT molecular complexity index is 1110. The molecule has 1 aromatic carbocycles. The molecule has 31 heavy (non-hydrogen) atoms. The summed E-state index contributed by atoms with van der Waals surface area (Å²) in [5.41, 5.74) is 3.07. The number of aryl methyl sites for hydroxylation is 1. The molecule has 1 aliphatic heterocycles. The third kappa shape index (κ3) is 3.12. The average molecular weight is 456 g/mol. The van der Waals surface area contributed by atoms with Crippen molar-refractivity contribution in [2.75, 3.05) is 17.2 Å². The standard InChI is InChI=1S/C20H24F3N5O2S/c1-12-3-2-4-16-15(12)10-27(31(29,30)20(21,22)23)11-17(19-5-13(6-19)7-19)28(16)9-14-8-25-18(24)26-14/h2-4,8,13,17H,5-7,9-11H2,1H3,(H3,24,25,26)/t13?,17-,19?/m0/s1. The summed E-state index contributed by atoms with van der Waals surface area (Å²) < 4.78 is 66.2. The summed E-state index contributed by atoms with van der Waals surface area (Å²) in [4.78, 5) is 9.09. The van der Waals surface area contributed by atoms with Crippen LogP contribution in [0.1, 0.15) is 36.1 Å². The van der Waals surface area contributed by atoms with Gasteiger partial charge in [-0.15, -0.1) is 0 Å². The molecule has 0 saturated heterocycles. The number of halogens is 3. The van der Waals surface area contributed by atoms with Crippen molar-refractivity contribution in [3.8, 4) is 0 Å². The number of nitrogens with zero attached hydrogens (tertiary/aromatic N) is 3. The molecule has 3 N–H and O–H groups in total. The molecule has 0 unspecified atom stereocenters. The topological polar surface area (TPSA) is 95.3 Å². The number of aromatic amines is 1. The number of hydrogen-bond acceptors (Lipinski definition) is 5. The Morgan fingerprint density at radius 3 is 2.55 bits per heavy atom. The van der Waals surface area contributed by atoms with Crippen molar-refractivity contribution < 1.29 is 21.6 Å². The zero-order chi connectivity index (χ0) is 22.2. The number of fused-ring (bicyclic) bond motifs is 1. The van der Waals surface area contributed by atoms with E-state index in [0.717, 1.165) is 36.2 Å². The van der Waals surface area contributed by atoms with Gasteiger partial charge in [0.25, 0.3) is 0 Å². The Hall–Kier alpha value is -2.27. The Balaban J connectivity index is 1.64. The largest absolute Gasteiger partial charge is 0.511 e. The smallest absolute Gasteiger partial charge is 0.369 e. The second kappa shape index (κ2) is 6.61. The predicted octanol–water partition coefficient (Wildman–Crippen LogP) is 3.14. The van der Waals surface area contributed by atoms with Gasteiger partial charge >= 0.3 is 15.5 Å². The lowest BCUT2D eigenvalue weighted by Crippen LogP contribution is -2.66. The summed E-state index contributed by atoms with van der Waals surface area (Å²) in [7, 11) is -5.47. The number of rotatable bonds is 4. The number of alkyl halides is 3. The van der Waals surface area contributed by atoms with E-state index in [1.807, 2.05) is 12.1 Å². The van der Waals surface area contributed by atoms with Crippen LogP contribution in [0.4, 0.5) is 24.8 Å². The second-order valence-corrected chi connectivity index (χ2v) is 11.0. The van der Waals surface area contributed by atoms with Crippen LogP contribution in [0.25, 0.3) is 0 Å². The predicted molar refractivity (Wildman–Crippen MR) is 109 cm³/mol. The van der Waals surface area contributed by atoms with Gasteiger partial charge in [0, 0.05) is 24.8 Å². The summed E-state index contributed by atoms with van der Waals surface area (Å²) >= 11 is 0. The molecule has 3 aliphatic carbocycles. The maximum atomic E-state index is 13.5. The van der Waals surface area contributed by atoms with Crippen molar-refractivity contribution >= 4 is 21.7 Å². The molecule has 2 heterocycles. The first kappa shape index (κ1) is 20.6. The van der Waals surface area contributed by atoms with Crippen LogP contribution in [0.5, 0.6) is 0 Å². The van der Waals surface area contributed by atoms with Crippen LogP contribution in [0, 0.1) is 18.3 Å². The Morgan fingerprint density at radius 2 is 2.00 bits per heavy atom. The summed E-state index contributed by atoms with van der Waals surface area (Å²) in [5.74, 6) is 0.857. The number of anilines is 2. The van der Waals surface area contributed by atoms with E-state index in [0.29, 0.717) is 22.3 Å². The maximum absolute atomic E-state index is 13.5. The molecule has 0 amide bonds. The number of hydrogen-bond donors (Lipinski definition) is 2. The van der Waals surface area contributed by atoms with Crippen molar-refractivity contribution in [3.05, 3.63) is 41.2 Å². The molecule has 2 aromatic rings. The highest BCUT2D eigenvalue weighted by molar-refractivity contribution is 7.89. The Morgan fingerprint density at radius 1 is 1.29 bits per heavy atom. The van der Waals surface area contributed by atoms with Gasteiger partial charge in [-0.3, -0.25) is 0 Å². The molecule has 11 heteroatoms. The van der Waals surface area contributed by atoms with Gasteiger partial charge < -0.3 is 15.6 Å². The summed E-state index contributed by atoms with van der Waals surface area (Å²) in [6, 6.07) is 5.15. The van der Waals surface area contributed by atoms with Gasteiger partial charge in [0.2, 0.25) is 0 Å². The molecule has 4 aliphatic rings. The van der Waals surface area contributed by atoms with E-state index in [1.165, 1.54) is 0 Å². The Kier molecular flexibility index (Phi) is 4.40. The molecule has 1 aromatic heterocycles. The van der Waals surface area contributed by atoms with Crippen molar-refractivity contribution in [2.24, 2.45) is 11.3 Å². The van der Waals surface area contributed by atoms with Crippen LogP contribution < -0.4 is 10.6 Å². The highest BCUT2D eigenvalue weighted by Gasteiger charge is 2.63. The van der Waals surface area contributed by atoms with Gasteiger partial charge in [-0.1, -0.05) is 12.1 Å². The molecule has 168 valence electrons. The minimum Gasteiger partial charge on any atom is -0.369 e. The first-order chi connectivity index (χ1) is 14.5. The average Bonchev–Trinajstić information content (AvgIpc) is 2.93. The number of benzene rings is 1. The third-order valence-corrected chi connectivity index (χ3v) is 8.74. The van der Waals surface area contributed by atoms with Gasteiger partial charge in [-0.05, 0) is 54.7 Å². The highest BCUT2D eigenvalue weighted by Crippen LogP contribution is 2.67. The van der Waals surface area contributed by atoms with Crippen molar-refractivity contribution in [1.29, 1.82) is 0 Å². The maximum Gasteiger partial charge on any atom is 0.511 e. The van der Waals surface area contributed by atoms with E-state index in [9.17, 15) is 21.6 Å². The van der Waals surface area contributed by atoms with E-state index >= 15 is 0 Å². The molecule has 6 rings (SSSR count). The van der Waals surface area contributed by atoms with Gasteiger partial charge in [0.15, 0.2) is 5.95 Å². The van der Waals surface area contributed by atoms with Crippen molar-refractivity contribution in [1.82, 2.24) is 14.3 Å². The molecule has 1 atom stereocenters. The SMILES string of the molecule is Cc1cccc2c1CN(S(=O)(=O)C(F)(F)F)C[C@@H](C13CC(C1)C3)N2Cc1cnc(N)[nH]1. The minimum atomic E-state index is -5.47. The van der Waals surface area contributed by atoms with Crippen LogP contribution in [0.3, 0.4) is 0 Å². The van der Waals surface area contributed by atoms with Crippen LogP contribution in [-0.4, -0.2) is 40.8 Å². The fourth-order valence-electron chi connectivity index (χ4n) is 5.50. The fraction of sp³-hybridized carbons (Fsp3) is 0.550. The number of aromatic nitrogens is 2. The Labute approximate surface area is 178 Å². The van der Waals surface area contributed by atoms with Crippen molar-refractivity contribution in [3.63, 3.8) is 0 Å². The summed E-state index contributed by atoms with van der Waals surface area (Å²) in [6.45, 7) is 1.65. The molecular formula is C20H24F3N5O2S. The molecule has 0 radical (unpaired) electrons. The van der Waals surface area contributed by atoms with Gasteiger partial charge in [-0.2, -0.15) is 17.5 Å². The van der Waals surface area contributed by atoms with Gasteiger partial charge in [0.1, 0.15) is 0 Å². The summed E-state index contributed by atoms with van der Waals surface area (Å²) in [5, 5.41) is 0. The van der Waals surface area contributed by atoms with Crippen LogP contribution in [-0.2, 0) is 23.1 Å². The molecule has 0 spiro atoms. The lowest BCUT2D eigenvalue weighted by molar-refractivity contribution is -0.129. The normalized spacial score (nSPS) is 28.5. The monoisotopic (exact) mass is 455 g/mol. The third-order valence-electron chi connectivity index (χ3n) is 7.20. The van der Waals surface area contributed by atoms with Gasteiger partial charge in [-0.25, -0.2) is 13.4 Å². The number of nitrogens with one attached hydrogen (secondary N) is 1. The summed E-state index contributed by atoms with van der Waals surface area (Å²) in [6.07, 6.45) is 4.36. The minimum absolute atomic E-state index is 0.166. The molecular weight excluding hydrogens is 431 g/mol. The first-order valence-corrected chi connectivity index (χ1v) is 11.7. The first-order valence-electron chi connectivity index (χ1n) is 10.2. The number of H-pyrrole nitrogens is 1. The van der Waals surface area contributed by atoms with E-state index in [2.05, 4.69) is 14.9 Å². The number of sulfonamides is 1. The van der Waals surface area contributed by atoms with Crippen LogP contribution in [0.2, 0.25) is 0 Å². The van der Waals surface area contributed by atoms with Gasteiger partial charge in [0.05, 0.1) is 18.4 Å². The van der Waals surface area contributed by atoms with Crippen molar-refractivity contribution in [2.45, 2.75) is 50.8 Å². The van der Waals surface area contributed by atoms with E-state index in [1.54, 1.807) is 19.2 Å². The highest BCUT2D eigenvalue weighted by atomic mass is 32.2. The van der Waals surface area contributed by atoms with E-state index < -0.39 is 15.5 Å². The second-order valence-electron chi connectivity index (χ2n) is 9.09. The number of nitrogens with two attached hydrogens (primary N) is 1. The molecule has 7 nitrogen and oxygen atoms in total. The zero-order valence-electron chi connectivity index (χ0n) is 17.0. The quantitative estimate of drug-likeness (QED) is 0.739. The number of nitrogen functional groups attached to an aromatic ring is 1. The lowest BCUT2D eigenvalue weighted by Gasteiger charge is -2.67. The number of imidazole rings is 1. The fourth-order valence-corrected chi connectivity index (χ4v) is 6.43. The zero-order valence-corrected chi connectivity index (χ0v) is 17.8.